The summed E-state index contributed by atoms with van der Waals surface area (Å²) in [5.74, 6) is -0.562. The molecule has 1 unspecified atom stereocenters. The molecule has 1 aromatic rings. The number of sulfonamides is 1. The van der Waals surface area contributed by atoms with Crippen molar-refractivity contribution in [3.05, 3.63) is 21.3 Å². The molecule has 9 heteroatoms. The summed E-state index contributed by atoms with van der Waals surface area (Å²) in [6.07, 6.45) is 2.88. The van der Waals surface area contributed by atoms with Gasteiger partial charge in [0.2, 0.25) is 15.9 Å². The summed E-state index contributed by atoms with van der Waals surface area (Å²) < 4.78 is 25.8. The first kappa shape index (κ1) is 17.4. The fraction of sp³-hybridized carbons (Fsp3) is 0.538. The van der Waals surface area contributed by atoms with Crippen LogP contribution in [-0.4, -0.2) is 43.7 Å². The fourth-order valence-electron chi connectivity index (χ4n) is 2.24. The highest BCUT2D eigenvalue weighted by Gasteiger charge is 2.31. The molecule has 1 aromatic heterocycles. The van der Waals surface area contributed by atoms with Gasteiger partial charge < -0.3 is 0 Å². The molecule has 22 heavy (non-hydrogen) atoms. The second-order valence-electron chi connectivity index (χ2n) is 4.97. The third kappa shape index (κ3) is 4.52. The number of amides is 1. The lowest BCUT2D eigenvalue weighted by Crippen LogP contribution is -2.45. The number of hydrazone groups is 1. The Morgan fingerprint density at radius 2 is 2.36 bits per heavy atom. The Labute approximate surface area is 139 Å². The van der Waals surface area contributed by atoms with Crippen LogP contribution in [-0.2, 0) is 14.8 Å². The Morgan fingerprint density at radius 3 is 3.00 bits per heavy atom. The number of piperidine rings is 1. The second kappa shape index (κ2) is 7.54. The molecule has 6 nitrogen and oxygen atoms in total. The van der Waals surface area contributed by atoms with Crippen LogP contribution in [0.15, 0.2) is 17.2 Å². The first-order valence-electron chi connectivity index (χ1n) is 6.98. The van der Waals surface area contributed by atoms with Gasteiger partial charge in [0, 0.05) is 18.0 Å². The van der Waals surface area contributed by atoms with Crippen LogP contribution in [0.5, 0.6) is 0 Å². The molecule has 1 aliphatic rings. The minimum absolute atomic E-state index is 0.0542. The van der Waals surface area contributed by atoms with Gasteiger partial charge in [0.25, 0.3) is 0 Å². The number of hydrogen-bond acceptors (Lipinski definition) is 5. The van der Waals surface area contributed by atoms with Gasteiger partial charge in [0.05, 0.1) is 22.2 Å². The molecule has 0 aliphatic carbocycles. The number of halogens is 1. The molecule has 1 N–H and O–H groups in total. The van der Waals surface area contributed by atoms with E-state index >= 15 is 0 Å². The number of carbonyl (C=O) groups excluding carboxylic acids is 1. The average Bonchev–Trinajstić information content (AvgIpc) is 2.92. The van der Waals surface area contributed by atoms with Crippen LogP contribution in [0.1, 0.15) is 24.6 Å². The van der Waals surface area contributed by atoms with Gasteiger partial charge in [-0.2, -0.15) is 5.10 Å². The van der Waals surface area contributed by atoms with Crippen LogP contribution < -0.4 is 5.43 Å². The van der Waals surface area contributed by atoms with Gasteiger partial charge in [-0.25, -0.2) is 18.1 Å². The summed E-state index contributed by atoms with van der Waals surface area (Å²) in [6.45, 7) is 2.31. The van der Waals surface area contributed by atoms with E-state index in [-0.39, 0.29) is 24.1 Å². The van der Waals surface area contributed by atoms with Gasteiger partial charge in [0.1, 0.15) is 0 Å². The van der Waals surface area contributed by atoms with E-state index in [1.54, 1.807) is 19.1 Å². The van der Waals surface area contributed by atoms with Crippen molar-refractivity contribution in [2.75, 3.05) is 18.8 Å². The smallest absolute Gasteiger partial charge is 0.244 e. The maximum absolute atomic E-state index is 12.1. The van der Waals surface area contributed by atoms with E-state index in [9.17, 15) is 13.2 Å². The molecule has 0 radical (unpaired) electrons. The molecule has 2 heterocycles. The first-order chi connectivity index (χ1) is 10.4. The van der Waals surface area contributed by atoms with Crippen molar-refractivity contribution < 1.29 is 13.2 Å². The van der Waals surface area contributed by atoms with E-state index in [4.69, 9.17) is 11.6 Å². The zero-order valence-electron chi connectivity index (χ0n) is 12.2. The van der Waals surface area contributed by atoms with E-state index in [0.717, 1.165) is 4.88 Å². The number of carbonyl (C=O) groups is 1. The number of hydrogen-bond donors (Lipinski definition) is 1. The monoisotopic (exact) mass is 363 g/mol. The van der Waals surface area contributed by atoms with Crippen molar-refractivity contribution in [2.45, 2.75) is 19.8 Å². The van der Waals surface area contributed by atoms with Gasteiger partial charge in [-0.15, -0.1) is 11.3 Å². The first-order valence-corrected chi connectivity index (χ1v) is 9.79. The lowest BCUT2D eigenvalue weighted by molar-refractivity contribution is -0.126. The van der Waals surface area contributed by atoms with Gasteiger partial charge in [0.15, 0.2) is 0 Å². The van der Waals surface area contributed by atoms with Crippen molar-refractivity contribution in [1.82, 2.24) is 9.73 Å². The molecule has 2 rings (SSSR count). The maximum Gasteiger partial charge on any atom is 0.244 e. The maximum atomic E-state index is 12.1. The Balaban J connectivity index is 1.91. The Kier molecular flexibility index (Phi) is 5.96. The summed E-state index contributed by atoms with van der Waals surface area (Å²) in [7, 11) is -3.25. The third-order valence-electron chi connectivity index (χ3n) is 3.47. The number of nitrogens with one attached hydrogen (secondary N) is 1. The van der Waals surface area contributed by atoms with Crippen LogP contribution in [0.3, 0.4) is 0 Å². The van der Waals surface area contributed by atoms with E-state index in [2.05, 4.69) is 10.5 Å². The van der Waals surface area contributed by atoms with Crippen LogP contribution >= 0.6 is 22.9 Å². The van der Waals surface area contributed by atoms with Crippen molar-refractivity contribution in [3.8, 4) is 0 Å². The molecule has 0 aromatic carbocycles. The van der Waals surface area contributed by atoms with Crippen LogP contribution in [0.2, 0.25) is 4.34 Å². The molecular weight excluding hydrogens is 346 g/mol. The molecule has 1 atom stereocenters. The highest BCUT2D eigenvalue weighted by Crippen LogP contribution is 2.20. The van der Waals surface area contributed by atoms with Crippen molar-refractivity contribution >= 4 is 45.1 Å². The average molecular weight is 364 g/mol. The molecule has 0 bridgehead atoms. The van der Waals surface area contributed by atoms with Crippen molar-refractivity contribution in [3.63, 3.8) is 0 Å². The number of rotatable bonds is 5. The number of nitrogens with zero attached hydrogens (tertiary/aromatic N) is 2. The van der Waals surface area contributed by atoms with E-state index in [0.29, 0.717) is 23.7 Å². The summed E-state index contributed by atoms with van der Waals surface area (Å²) in [6, 6.07) is 3.56. The molecule has 1 aliphatic heterocycles. The van der Waals surface area contributed by atoms with E-state index in [1.165, 1.54) is 21.9 Å². The summed E-state index contributed by atoms with van der Waals surface area (Å²) >= 11 is 7.16. The third-order valence-corrected chi connectivity index (χ3v) is 6.49. The molecule has 1 fully saturated rings. The lowest BCUT2D eigenvalue weighted by atomic mass is 9.99. The topological polar surface area (TPSA) is 78.8 Å². The fourth-order valence-corrected chi connectivity index (χ4v) is 4.35. The van der Waals surface area contributed by atoms with E-state index in [1.807, 2.05) is 0 Å². The zero-order chi connectivity index (χ0) is 16.2. The van der Waals surface area contributed by atoms with Crippen molar-refractivity contribution in [1.29, 1.82) is 0 Å². The standard InChI is InChI=1S/C13H18ClN3O3S2/c1-2-22(19,20)17-7-3-4-10(9-17)13(18)16-15-8-11-5-6-12(14)21-11/h5-6,8,10H,2-4,7,9H2,1H3,(H,16,18)/b15-8+. The highest BCUT2D eigenvalue weighted by molar-refractivity contribution is 7.89. The molecule has 122 valence electrons. The minimum atomic E-state index is -3.25. The normalized spacial score (nSPS) is 20.4. The molecule has 1 amide bonds. The predicted molar refractivity (Wildman–Crippen MR) is 88.8 cm³/mol. The molecule has 0 saturated carbocycles. The molecule has 1 saturated heterocycles. The highest BCUT2D eigenvalue weighted by atomic mass is 35.5. The minimum Gasteiger partial charge on any atom is -0.273 e. The van der Waals surface area contributed by atoms with Crippen LogP contribution in [0, 0.1) is 5.92 Å². The van der Waals surface area contributed by atoms with E-state index < -0.39 is 10.0 Å². The number of thiophene rings is 1. The predicted octanol–water partition coefficient (Wildman–Crippen LogP) is 1.91. The molecular formula is C13H18ClN3O3S2. The van der Waals surface area contributed by atoms with Gasteiger partial charge >= 0.3 is 0 Å². The molecule has 0 spiro atoms. The van der Waals surface area contributed by atoms with Crippen LogP contribution in [0.25, 0.3) is 0 Å². The van der Waals surface area contributed by atoms with Crippen LogP contribution in [0.4, 0.5) is 0 Å². The Hall–Kier alpha value is -0.960. The summed E-state index contributed by atoms with van der Waals surface area (Å²) in [5.41, 5.74) is 2.47. The SMILES string of the molecule is CCS(=O)(=O)N1CCCC(C(=O)N/N=C/c2ccc(Cl)s2)C1. The Morgan fingerprint density at radius 1 is 1.59 bits per heavy atom. The van der Waals surface area contributed by atoms with Crippen molar-refractivity contribution in [2.24, 2.45) is 11.0 Å². The van der Waals surface area contributed by atoms with Gasteiger partial charge in [-0.05, 0) is 31.9 Å². The second-order valence-corrected chi connectivity index (χ2v) is 8.98. The quantitative estimate of drug-likeness (QED) is 0.641. The van der Waals surface area contributed by atoms with Gasteiger partial charge in [-0.3, -0.25) is 4.79 Å². The van der Waals surface area contributed by atoms with Gasteiger partial charge in [-0.1, -0.05) is 11.6 Å². The zero-order valence-corrected chi connectivity index (χ0v) is 14.5. The summed E-state index contributed by atoms with van der Waals surface area (Å²) in [5, 5.41) is 3.90. The lowest BCUT2D eigenvalue weighted by Gasteiger charge is -2.30. The largest absolute Gasteiger partial charge is 0.273 e. The Bertz CT molecular complexity index is 657. The summed E-state index contributed by atoms with van der Waals surface area (Å²) in [4.78, 5) is 12.9.